The average molecular weight is 346 g/mol. The zero-order chi connectivity index (χ0) is 18.1. The third-order valence-electron chi connectivity index (χ3n) is 6.78. The van der Waals surface area contributed by atoms with Crippen molar-refractivity contribution < 1.29 is 23.8 Å². The number of carbonyl (C=O) groups excluding carboxylic acids is 2. The lowest BCUT2D eigenvalue weighted by Crippen LogP contribution is -2.41. The van der Waals surface area contributed by atoms with Gasteiger partial charge in [-0.3, -0.25) is 4.79 Å². The molecule has 3 fully saturated rings. The summed E-state index contributed by atoms with van der Waals surface area (Å²) in [6.45, 7) is 9.69. The van der Waals surface area contributed by atoms with Gasteiger partial charge in [-0.05, 0) is 34.1 Å². The fourth-order valence-electron chi connectivity index (χ4n) is 5.05. The van der Waals surface area contributed by atoms with E-state index in [4.69, 9.17) is 14.2 Å². The molecule has 4 aliphatic rings. The third-order valence-corrected chi connectivity index (χ3v) is 6.78. The third kappa shape index (κ3) is 2.31. The van der Waals surface area contributed by atoms with Gasteiger partial charge in [-0.25, -0.2) is 4.79 Å². The minimum atomic E-state index is -0.340. The molecule has 7 atom stereocenters. The molecule has 2 aliphatic carbocycles. The van der Waals surface area contributed by atoms with E-state index in [0.717, 1.165) is 6.42 Å². The van der Waals surface area contributed by atoms with Crippen LogP contribution in [0.1, 0.15) is 47.5 Å². The highest BCUT2D eigenvalue weighted by molar-refractivity contribution is 5.87. The van der Waals surface area contributed by atoms with Crippen molar-refractivity contribution >= 4 is 11.9 Å². The van der Waals surface area contributed by atoms with E-state index in [2.05, 4.69) is 13.8 Å². The minimum absolute atomic E-state index is 0.0860. The van der Waals surface area contributed by atoms with Crippen molar-refractivity contribution in [2.24, 2.45) is 17.8 Å². The van der Waals surface area contributed by atoms with Crippen molar-refractivity contribution in [3.63, 3.8) is 0 Å². The second-order valence-electron chi connectivity index (χ2n) is 8.16. The number of rotatable bonds is 2. The number of hydrogen-bond acceptors (Lipinski definition) is 5. The number of carbonyl (C=O) groups is 2. The van der Waals surface area contributed by atoms with Crippen molar-refractivity contribution in [2.45, 2.75) is 71.4 Å². The predicted octanol–water partition coefficient (Wildman–Crippen LogP) is 2.94. The molecule has 0 aromatic carbocycles. The van der Waals surface area contributed by atoms with Crippen molar-refractivity contribution in [1.29, 1.82) is 0 Å². The average Bonchev–Trinajstić information content (AvgIpc) is 3.03. The molecule has 25 heavy (non-hydrogen) atoms. The van der Waals surface area contributed by atoms with E-state index in [9.17, 15) is 9.59 Å². The lowest BCUT2D eigenvalue weighted by atomic mass is 9.78. The van der Waals surface area contributed by atoms with Crippen LogP contribution >= 0.6 is 0 Å². The highest BCUT2D eigenvalue weighted by Gasteiger charge is 2.70. The summed E-state index contributed by atoms with van der Waals surface area (Å²) in [5, 5.41) is 0. The largest absolute Gasteiger partial charge is 0.461 e. The van der Waals surface area contributed by atoms with Crippen LogP contribution in [-0.2, 0) is 23.8 Å². The molecule has 0 spiro atoms. The lowest BCUT2D eigenvalue weighted by Gasteiger charge is -2.31. The summed E-state index contributed by atoms with van der Waals surface area (Å²) in [5.74, 6) is -0.816. The maximum absolute atomic E-state index is 12.4. The monoisotopic (exact) mass is 346 g/mol. The van der Waals surface area contributed by atoms with E-state index in [0.29, 0.717) is 12.0 Å². The van der Waals surface area contributed by atoms with Gasteiger partial charge in [-0.2, -0.15) is 0 Å². The van der Waals surface area contributed by atoms with Crippen LogP contribution in [0.25, 0.3) is 0 Å². The summed E-state index contributed by atoms with van der Waals surface area (Å²) in [5.41, 5.74) is 2.96. The van der Waals surface area contributed by atoms with Crippen LogP contribution in [0.5, 0.6) is 0 Å². The van der Waals surface area contributed by atoms with Gasteiger partial charge in [0.2, 0.25) is 0 Å². The SMILES string of the molecule is C/C=C(\C)C(=O)O[C@H]1CC(C)=C2C[C@H]3O[C@@]3(C)[C@@H]2[C@H]2OC(=O)[C@@H](C)[C@@H]21. The number of allylic oxidation sites excluding steroid dienone is 1. The smallest absolute Gasteiger partial charge is 0.333 e. The number of epoxide rings is 1. The summed E-state index contributed by atoms with van der Waals surface area (Å²) in [6.07, 6.45) is 2.95. The molecule has 0 N–H and O–H groups in total. The van der Waals surface area contributed by atoms with Gasteiger partial charge >= 0.3 is 11.9 Å². The first-order valence-corrected chi connectivity index (χ1v) is 9.18. The molecule has 2 heterocycles. The molecule has 0 radical (unpaired) electrons. The molecule has 5 heteroatoms. The van der Waals surface area contributed by atoms with Crippen molar-refractivity contribution in [2.75, 3.05) is 0 Å². The lowest BCUT2D eigenvalue weighted by molar-refractivity contribution is -0.149. The highest BCUT2D eigenvalue weighted by atomic mass is 16.6. The summed E-state index contributed by atoms with van der Waals surface area (Å²) in [7, 11) is 0. The molecule has 1 saturated carbocycles. The Hall–Kier alpha value is -1.62. The molecule has 0 aromatic heterocycles. The molecule has 0 unspecified atom stereocenters. The molecule has 0 bridgehead atoms. The summed E-state index contributed by atoms with van der Waals surface area (Å²) >= 11 is 0. The number of hydrogen-bond donors (Lipinski definition) is 0. The molecule has 5 nitrogen and oxygen atoms in total. The summed E-state index contributed by atoms with van der Waals surface area (Å²) < 4.78 is 17.6. The molecule has 2 saturated heterocycles. The Morgan fingerprint density at radius 1 is 1.36 bits per heavy atom. The van der Waals surface area contributed by atoms with Crippen LogP contribution in [0.3, 0.4) is 0 Å². The van der Waals surface area contributed by atoms with Crippen LogP contribution in [0.4, 0.5) is 0 Å². The normalized spacial score (nSPS) is 45.3. The van der Waals surface area contributed by atoms with Crippen LogP contribution in [-0.4, -0.2) is 35.9 Å². The zero-order valence-electron chi connectivity index (χ0n) is 15.5. The molecule has 2 aliphatic heterocycles. The molecule has 0 aromatic rings. The van der Waals surface area contributed by atoms with E-state index in [1.54, 1.807) is 13.0 Å². The molecular weight excluding hydrogens is 320 g/mol. The standard InChI is InChI=1S/C20H26O5/c1-6-9(2)18(21)23-13-7-10(3)12-8-14-20(5,25-14)16(12)17-15(13)11(4)19(22)24-17/h6,11,13-17H,7-8H2,1-5H3/b9-6+/t11-,13-,14+,15+,16-,17-,20+/m0/s1. The number of esters is 2. The van der Waals surface area contributed by atoms with Gasteiger partial charge in [-0.1, -0.05) is 24.1 Å². The van der Waals surface area contributed by atoms with E-state index in [-0.39, 0.29) is 53.6 Å². The Labute approximate surface area is 148 Å². The number of ether oxygens (including phenoxy) is 3. The van der Waals surface area contributed by atoms with E-state index >= 15 is 0 Å². The molecule has 4 rings (SSSR count). The fraction of sp³-hybridized carbons (Fsp3) is 0.700. The van der Waals surface area contributed by atoms with Crippen molar-refractivity contribution in [3.05, 3.63) is 22.8 Å². The van der Waals surface area contributed by atoms with Gasteiger partial charge < -0.3 is 14.2 Å². The van der Waals surface area contributed by atoms with Gasteiger partial charge in [0.15, 0.2) is 0 Å². The molecular formula is C20H26O5. The van der Waals surface area contributed by atoms with Gasteiger partial charge in [0.1, 0.15) is 17.8 Å². The Kier molecular flexibility index (Phi) is 3.66. The second-order valence-corrected chi connectivity index (χ2v) is 8.16. The first-order chi connectivity index (χ1) is 11.8. The Morgan fingerprint density at radius 3 is 2.76 bits per heavy atom. The first kappa shape index (κ1) is 16.8. The van der Waals surface area contributed by atoms with Crippen molar-refractivity contribution in [1.82, 2.24) is 0 Å². The maximum atomic E-state index is 12.4. The van der Waals surface area contributed by atoms with E-state index < -0.39 is 0 Å². The number of fused-ring (bicyclic) bond motifs is 5. The first-order valence-electron chi connectivity index (χ1n) is 9.18. The van der Waals surface area contributed by atoms with E-state index in [1.165, 1.54) is 11.1 Å². The van der Waals surface area contributed by atoms with Crippen LogP contribution in [0, 0.1) is 17.8 Å². The van der Waals surface area contributed by atoms with Crippen LogP contribution in [0.15, 0.2) is 22.8 Å². The topological polar surface area (TPSA) is 65.1 Å². The molecule has 0 amide bonds. The van der Waals surface area contributed by atoms with E-state index in [1.807, 2.05) is 13.8 Å². The Balaban J connectivity index is 1.71. The van der Waals surface area contributed by atoms with Gasteiger partial charge in [0.05, 0.1) is 12.0 Å². The summed E-state index contributed by atoms with van der Waals surface area (Å²) in [4.78, 5) is 24.7. The Bertz CT molecular complexity index is 705. The minimum Gasteiger partial charge on any atom is -0.461 e. The van der Waals surface area contributed by atoms with Crippen LogP contribution < -0.4 is 0 Å². The summed E-state index contributed by atoms with van der Waals surface area (Å²) in [6, 6.07) is 0. The van der Waals surface area contributed by atoms with Gasteiger partial charge in [0.25, 0.3) is 0 Å². The fourth-order valence-corrected chi connectivity index (χ4v) is 5.05. The maximum Gasteiger partial charge on any atom is 0.333 e. The quantitative estimate of drug-likeness (QED) is 0.333. The van der Waals surface area contributed by atoms with Gasteiger partial charge in [0, 0.05) is 23.8 Å². The second kappa shape index (κ2) is 5.44. The predicted molar refractivity (Wildman–Crippen MR) is 90.5 cm³/mol. The molecule has 136 valence electrons. The zero-order valence-corrected chi connectivity index (χ0v) is 15.5. The van der Waals surface area contributed by atoms with Crippen molar-refractivity contribution in [3.8, 4) is 0 Å². The highest BCUT2D eigenvalue weighted by Crippen LogP contribution is 2.62. The van der Waals surface area contributed by atoms with Crippen LogP contribution in [0.2, 0.25) is 0 Å². The van der Waals surface area contributed by atoms with Gasteiger partial charge in [-0.15, -0.1) is 0 Å². The Morgan fingerprint density at radius 2 is 2.08 bits per heavy atom.